The molecule has 0 fully saturated rings. The Morgan fingerprint density at radius 3 is 2.05 bits per heavy atom. The van der Waals surface area contributed by atoms with Crippen molar-refractivity contribution >= 4 is 0 Å². The van der Waals surface area contributed by atoms with Crippen LogP contribution in [0.2, 0.25) is 0 Å². The van der Waals surface area contributed by atoms with Gasteiger partial charge in [-0.1, -0.05) is 41.0 Å². The molecule has 0 aliphatic rings. The van der Waals surface area contributed by atoms with Crippen molar-refractivity contribution in [1.82, 2.24) is 10.2 Å². The number of hydrogen-bond acceptors (Lipinski definition) is 2. The van der Waals surface area contributed by atoms with Crippen molar-refractivity contribution < 1.29 is 13.2 Å². The van der Waals surface area contributed by atoms with Gasteiger partial charge < -0.3 is 5.32 Å². The molecule has 0 aliphatic carbocycles. The molecule has 116 valence electrons. The van der Waals surface area contributed by atoms with Crippen LogP contribution in [0.4, 0.5) is 13.2 Å². The number of nitrogens with one attached hydrogen (secondary N) is 1. The first kappa shape index (κ1) is 18.7. The minimum Gasteiger partial charge on any atom is -0.314 e. The maximum Gasteiger partial charge on any atom is 0.401 e. The topological polar surface area (TPSA) is 15.3 Å². The van der Waals surface area contributed by atoms with E-state index < -0.39 is 12.7 Å². The first-order valence-corrected chi connectivity index (χ1v) is 7.14. The molecule has 0 heterocycles. The summed E-state index contributed by atoms with van der Waals surface area (Å²) < 4.78 is 37.5. The molecule has 0 spiro atoms. The van der Waals surface area contributed by atoms with Crippen LogP contribution < -0.4 is 5.32 Å². The lowest BCUT2D eigenvalue weighted by atomic mass is 9.84. The van der Waals surface area contributed by atoms with Crippen molar-refractivity contribution in [2.75, 3.05) is 26.2 Å². The number of nitrogens with zero attached hydrogens (tertiary/aromatic N) is 1. The highest BCUT2D eigenvalue weighted by molar-refractivity contribution is 4.82. The van der Waals surface area contributed by atoms with Crippen LogP contribution in [0, 0.1) is 5.41 Å². The van der Waals surface area contributed by atoms with Crippen LogP contribution in [0.15, 0.2) is 0 Å². The van der Waals surface area contributed by atoms with Crippen molar-refractivity contribution in [1.29, 1.82) is 0 Å². The van der Waals surface area contributed by atoms with Gasteiger partial charge in [-0.3, -0.25) is 4.90 Å². The quantitative estimate of drug-likeness (QED) is 0.694. The Balaban J connectivity index is 4.59. The summed E-state index contributed by atoms with van der Waals surface area (Å²) in [6.45, 7) is 10.9. The van der Waals surface area contributed by atoms with E-state index in [1.54, 1.807) is 6.92 Å². The summed E-state index contributed by atoms with van der Waals surface area (Å²) in [5.41, 5.74) is -0.111. The van der Waals surface area contributed by atoms with Crippen LogP contribution in [0.25, 0.3) is 0 Å². The fraction of sp³-hybridized carbons (Fsp3) is 1.00. The minimum absolute atomic E-state index is 0.111. The van der Waals surface area contributed by atoms with Gasteiger partial charge in [0.2, 0.25) is 0 Å². The molecular weight excluding hydrogens is 253 g/mol. The Labute approximate surface area is 115 Å². The van der Waals surface area contributed by atoms with E-state index in [1.807, 2.05) is 0 Å². The van der Waals surface area contributed by atoms with Gasteiger partial charge in [-0.15, -0.1) is 0 Å². The third kappa shape index (κ3) is 9.27. The van der Waals surface area contributed by atoms with Crippen molar-refractivity contribution in [2.24, 2.45) is 5.41 Å². The smallest absolute Gasteiger partial charge is 0.314 e. The summed E-state index contributed by atoms with van der Waals surface area (Å²) in [5, 5.41) is 3.36. The lowest BCUT2D eigenvalue weighted by Crippen LogP contribution is -2.46. The van der Waals surface area contributed by atoms with E-state index in [-0.39, 0.29) is 5.41 Å². The van der Waals surface area contributed by atoms with E-state index in [2.05, 4.69) is 33.0 Å². The van der Waals surface area contributed by atoms with Gasteiger partial charge in [0.05, 0.1) is 6.54 Å². The van der Waals surface area contributed by atoms with Crippen molar-refractivity contribution in [3.8, 4) is 0 Å². The average molecular weight is 282 g/mol. The fourth-order valence-electron chi connectivity index (χ4n) is 2.35. The zero-order chi connectivity index (χ0) is 15.1. The molecule has 0 aromatic carbocycles. The van der Waals surface area contributed by atoms with Crippen LogP contribution in [-0.4, -0.2) is 43.3 Å². The van der Waals surface area contributed by atoms with Gasteiger partial charge >= 0.3 is 6.18 Å². The molecule has 0 aliphatic heterocycles. The van der Waals surface area contributed by atoms with Crippen molar-refractivity contribution in [3.63, 3.8) is 0 Å². The maximum absolute atomic E-state index is 12.5. The molecule has 0 radical (unpaired) electrons. The van der Waals surface area contributed by atoms with Gasteiger partial charge in [-0.05, 0) is 18.4 Å². The zero-order valence-electron chi connectivity index (χ0n) is 12.9. The number of rotatable bonds is 9. The Hall–Kier alpha value is -0.290. The average Bonchev–Trinajstić information content (AvgIpc) is 2.24. The second kappa shape index (κ2) is 8.10. The largest absolute Gasteiger partial charge is 0.401 e. The zero-order valence-corrected chi connectivity index (χ0v) is 12.9. The van der Waals surface area contributed by atoms with Gasteiger partial charge in [0.15, 0.2) is 0 Å². The molecule has 1 N–H and O–H groups in total. The maximum atomic E-state index is 12.5. The molecule has 0 aromatic heterocycles. The summed E-state index contributed by atoms with van der Waals surface area (Å²) in [6.07, 6.45) is -2.20. The molecule has 1 unspecified atom stereocenters. The Morgan fingerprint density at radius 1 is 1.11 bits per heavy atom. The van der Waals surface area contributed by atoms with Gasteiger partial charge in [-0.2, -0.15) is 13.2 Å². The lowest BCUT2D eigenvalue weighted by molar-refractivity contribution is -0.148. The molecule has 5 heteroatoms. The summed E-state index contributed by atoms with van der Waals surface area (Å²) in [4.78, 5) is 1.50. The molecule has 0 rings (SSSR count). The van der Waals surface area contributed by atoms with Gasteiger partial charge in [0.1, 0.15) is 0 Å². The number of halogens is 3. The summed E-state index contributed by atoms with van der Waals surface area (Å²) >= 11 is 0. The van der Waals surface area contributed by atoms with Gasteiger partial charge in [0.25, 0.3) is 0 Å². The third-order valence-corrected chi connectivity index (χ3v) is 3.25. The molecule has 2 nitrogen and oxygen atoms in total. The van der Waals surface area contributed by atoms with E-state index in [0.29, 0.717) is 19.1 Å². The number of hydrogen-bond donors (Lipinski definition) is 1. The first-order chi connectivity index (χ1) is 8.62. The lowest BCUT2D eigenvalue weighted by Gasteiger charge is -2.36. The predicted molar refractivity (Wildman–Crippen MR) is 74.3 cm³/mol. The molecule has 0 amide bonds. The molecule has 0 bridgehead atoms. The van der Waals surface area contributed by atoms with Gasteiger partial charge in [-0.25, -0.2) is 0 Å². The minimum atomic E-state index is -4.12. The van der Waals surface area contributed by atoms with Crippen LogP contribution in [-0.2, 0) is 0 Å². The van der Waals surface area contributed by atoms with E-state index in [9.17, 15) is 13.2 Å². The molecule has 0 saturated carbocycles. The van der Waals surface area contributed by atoms with Crippen LogP contribution in [0.3, 0.4) is 0 Å². The van der Waals surface area contributed by atoms with E-state index >= 15 is 0 Å². The van der Waals surface area contributed by atoms with Crippen molar-refractivity contribution in [3.05, 3.63) is 0 Å². The SMILES string of the molecule is CCCC(C)(CNC(C)C)CN(CC)CC(F)(F)F. The highest BCUT2D eigenvalue weighted by Gasteiger charge is 2.33. The summed E-state index contributed by atoms with van der Waals surface area (Å²) in [6, 6.07) is 0.355. The highest BCUT2D eigenvalue weighted by atomic mass is 19.4. The first-order valence-electron chi connectivity index (χ1n) is 7.14. The second-order valence-electron chi connectivity index (χ2n) is 6.01. The monoisotopic (exact) mass is 282 g/mol. The Bertz CT molecular complexity index is 241. The molecule has 0 saturated heterocycles. The van der Waals surface area contributed by atoms with E-state index in [4.69, 9.17) is 0 Å². The standard InChI is InChI=1S/C14H29F3N2/c1-6-8-13(5,9-18-12(3)4)10-19(7-2)11-14(15,16)17/h12,18H,6-11H2,1-5H3. The predicted octanol–water partition coefficient (Wildman–Crippen LogP) is 3.68. The number of alkyl halides is 3. The Kier molecular flexibility index (Phi) is 7.98. The van der Waals surface area contributed by atoms with Crippen LogP contribution in [0.5, 0.6) is 0 Å². The molecular formula is C14H29F3N2. The van der Waals surface area contributed by atoms with Crippen molar-refractivity contribution in [2.45, 2.75) is 59.7 Å². The Morgan fingerprint density at radius 2 is 1.68 bits per heavy atom. The van der Waals surface area contributed by atoms with Crippen LogP contribution >= 0.6 is 0 Å². The normalized spacial score (nSPS) is 16.1. The molecule has 0 aromatic rings. The van der Waals surface area contributed by atoms with Gasteiger partial charge in [0, 0.05) is 19.1 Å². The van der Waals surface area contributed by atoms with E-state index in [0.717, 1.165) is 19.4 Å². The third-order valence-electron chi connectivity index (χ3n) is 3.25. The summed E-state index contributed by atoms with van der Waals surface area (Å²) in [5.74, 6) is 0. The second-order valence-corrected chi connectivity index (χ2v) is 6.01. The highest BCUT2D eigenvalue weighted by Crippen LogP contribution is 2.26. The summed E-state index contributed by atoms with van der Waals surface area (Å²) in [7, 11) is 0. The fourth-order valence-corrected chi connectivity index (χ4v) is 2.35. The molecule has 19 heavy (non-hydrogen) atoms. The van der Waals surface area contributed by atoms with E-state index in [1.165, 1.54) is 4.90 Å². The molecule has 1 atom stereocenters. The van der Waals surface area contributed by atoms with Crippen LogP contribution in [0.1, 0.15) is 47.5 Å².